The standard InChI is InChI=1S/C18H18Br2N2O3/c1-11-6-12(2)18(15(20)7-11)25-10-17(23)22-21-9-13-4-5-16(24-3)14(19)8-13/h4-9H,10H2,1-3H3,(H,22,23). The van der Waals surface area contributed by atoms with Crippen molar-refractivity contribution in [1.29, 1.82) is 0 Å². The molecule has 0 fully saturated rings. The van der Waals surface area contributed by atoms with Gasteiger partial charge in [-0.05, 0) is 86.7 Å². The van der Waals surface area contributed by atoms with Gasteiger partial charge < -0.3 is 9.47 Å². The van der Waals surface area contributed by atoms with Gasteiger partial charge in [-0.1, -0.05) is 6.07 Å². The van der Waals surface area contributed by atoms with Crippen molar-refractivity contribution < 1.29 is 14.3 Å². The van der Waals surface area contributed by atoms with E-state index in [1.165, 1.54) is 0 Å². The number of hydrogen-bond donors (Lipinski definition) is 1. The summed E-state index contributed by atoms with van der Waals surface area (Å²) in [6.07, 6.45) is 1.55. The van der Waals surface area contributed by atoms with Crippen molar-refractivity contribution in [3.63, 3.8) is 0 Å². The lowest BCUT2D eigenvalue weighted by Gasteiger charge is -2.11. The van der Waals surface area contributed by atoms with Crippen molar-refractivity contribution in [3.8, 4) is 11.5 Å². The molecule has 0 spiro atoms. The number of halogens is 2. The van der Waals surface area contributed by atoms with Crippen LogP contribution in [0.1, 0.15) is 16.7 Å². The predicted molar refractivity (Wildman–Crippen MR) is 106 cm³/mol. The van der Waals surface area contributed by atoms with Crippen molar-refractivity contribution in [2.24, 2.45) is 5.10 Å². The topological polar surface area (TPSA) is 59.9 Å². The Bertz CT molecular complexity index is 784. The summed E-state index contributed by atoms with van der Waals surface area (Å²) in [5.74, 6) is 1.05. The zero-order valence-electron chi connectivity index (χ0n) is 14.1. The van der Waals surface area contributed by atoms with Gasteiger partial charge in [-0.2, -0.15) is 5.10 Å². The average Bonchev–Trinajstić information content (AvgIpc) is 2.54. The molecule has 0 aliphatic carbocycles. The van der Waals surface area contributed by atoms with Crippen LogP contribution in [0.5, 0.6) is 11.5 Å². The molecule has 0 aromatic heterocycles. The highest BCUT2D eigenvalue weighted by Crippen LogP contribution is 2.30. The van der Waals surface area contributed by atoms with Crippen LogP contribution in [0.4, 0.5) is 0 Å². The molecule has 2 aromatic rings. The monoisotopic (exact) mass is 468 g/mol. The number of benzene rings is 2. The van der Waals surface area contributed by atoms with E-state index in [0.29, 0.717) is 5.75 Å². The van der Waals surface area contributed by atoms with Gasteiger partial charge in [-0.25, -0.2) is 5.43 Å². The summed E-state index contributed by atoms with van der Waals surface area (Å²) in [4.78, 5) is 11.9. The summed E-state index contributed by atoms with van der Waals surface area (Å²) in [7, 11) is 1.60. The van der Waals surface area contributed by atoms with Gasteiger partial charge >= 0.3 is 0 Å². The molecule has 25 heavy (non-hydrogen) atoms. The van der Waals surface area contributed by atoms with Gasteiger partial charge in [-0.15, -0.1) is 0 Å². The van der Waals surface area contributed by atoms with Gasteiger partial charge in [0.1, 0.15) is 11.5 Å². The van der Waals surface area contributed by atoms with Crippen LogP contribution in [0.3, 0.4) is 0 Å². The maximum Gasteiger partial charge on any atom is 0.277 e. The van der Waals surface area contributed by atoms with Gasteiger partial charge in [0.05, 0.1) is 22.3 Å². The van der Waals surface area contributed by atoms with Gasteiger partial charge in [0.15, 0.2) is 6.61 Å². The highest BCUT2D eigenvalue weighted by molar-refractivity contribution is 9.10. The number of nitrogens with one attached hydrogen (secondary N) is 1. The van der Waals surface area contributed by atoms with Crippen LogP contribution < -0.4 is 14.9 Å². The Kier molecular flexibility index (Phi) is 7.01. The molecule has 0 atom stereocenters. The third kappa shape index (κ3) is 5.57. The van der Waals surface area contributed by atoms with Crippen molar-refractivity contribution in [3.05, 3.63) is 56.0 Å². The van der Waals surface area contributed by atoms with Crippen LogP contribution in [0.15, 0.2) is 44.4 Å². The maximum absolute atomic E-state index is 11.9. The Morgan fingerprint density at radius 3 is 2.60 bits per heavy atom. The lowest BCUT2D eigenvalue weighted by Crippen LogP contribution is -2.24. The van der Waals surface area contributed by atoms with Crippen molar-refractivity contribution in [2.75, 3.05) is 13.7 Å². The molecule has 1 amide bonds. The van der Waals surface area contributed by atoms with Gasteiger partial charge in [-0.3, -0.25) is 4.79 Å². The Balaban J connectivity index is 1.90. The minimum absolute atomic E-state index is 0.119. The number of hydrogen-bond acceptors (Lipinski definition) is 4. The maximum atomic E-state index is 11.9. The van der Waals surface area contributed by atoms with E-state index in [9.17, 15) is 4.79 Å². The minimum atomic E-state index is -0.337. The van der Waals surface area contributed by atoms with Crippen LogP contribution in [0.25, 0.3) is 0 Å². The molecule has 0 aliphatic heterocycles. The summed E-state index contributed by atoms with van der Waals surface area (Å²) in [5, 5.41) is 3.93. The number of nitrogens with zero attached hydrogens (tertiary/aromatic N) is 1. The summed E-state index contributed by atoms with van der Waals surface area (Å²) in [6.45, 7) is 3.82. The average molecular weight is 470 g/mol. The van der Waals surface area contributed by atoms with Gasteiger partial charge in [0.25, 0.3) is 5.91 Å². The van der Waals surface area contributed by atoms with E-state index >= 15 is 0 Å². The predicted octanol–water partition coefficient (Wildman–Crippen LogP) is 4.37. The number of rotatable bonds is 6. The fraction of sp³-hybridized carbons (Fsp3) is 0.222. The Hall–Kier alpha value is -1.86. The lowest BCUT2D eigenvalue weighted by atomic mass is 10.1. The zero-order chi connectivity index (χ0) is 18.4. The van der Waals surface area contributed by atoms with Gasteiger partial charge in [0.2, 0.25) is 0 Å². The number of methoxy groups -OCH3 is 1. The smallest absolute Gasteiger partial charge is 0.277 e. The molecule has 7 heteroatoms. The van der Waals surface area contributed by atoms with Crippen LogP contribution in [0, 0.1) is 13.8 Å². The fourth-order valence-corrected chi connectivity index (χ4v) is 3.54. The molecule has 0 radical (unpaired) electrons. The normalized spacial score (nSPS) is 10.8. The Morgan fingerprint density at radius 1 is 1.20 bits per heavy atom. The van der Waals surface area contributed by atoms with E-state index < -0.39 is 0 Å². The van der Waals surface area contributed by atoms with Crippen LogP contribution in [-0.4, -0.2) is 25.8 Å². The second kappa shape index (κ2) is 9.01. The summed E-state index contributed by atoms with van der Waals surface area (Å²) in [5.41, 5.74) is 5.35. The third-order valence-corrected chi connectivity index (χ3v) is 4.51. The van der Waals surface area contributed by atoms with Crippen molar-refractivity contribution >= 4 is 44.0 Å². The molecule has 2 aromatic carbocycles. The molecule has 0 aliphatic rings. The first-order valence-electron chi connectivity index (χ1n) is 7.45. The van der Waals surface area contributed by atoms with E-state index in [0.717, 1.165) is 31.4 Å². The molecule has 0 unspecified atom stereocenters. The molecular formula is C18H18Br2N2O3. The molecular weight excluding hydrogens is 452 g/mol. The second-order valence-electron chi connectivity index (χ2n) is 5.37. The van der Waals surface area contributed by atoms with E-state index in [4.69, 9.17) is 9.47 Å². The molecule has 0 heterocycles. The van der Waals surface area contributed by atoms with E-state index in [1.54, 1.807) is 13.3 Å². The van der Waals surface area contributed by atoms with E-state index in [-0.39, 0.29) is 12.5 Å². The van der Waals surface area contributed by atoms with Crippen LogP contribution in [0.2, 0.25) is 0 Å². The third-order valence-electron chi connectivity index (χ3n) is 3.30. The first-order chi connectivity index (χ1) is 11.9. The Morgan fingerprint density at radius 2 is 1.96 bits per heavy atom. The van der Waals surface area contributed by atoms with Crippen molar-refractivity contribution in [2.45, 2.75) is 13.8 Å². The zero-order valence-corrected chi connectivity index (χ0v) is 17.3. The SMILES string of the molecule is COc1ccc(C=NNC(=O)COc2c(C)cc(C)cc2Br)cc1Br. The van der Waals surface area contributed by atoms with Gasteiger partial charge in [0, 0.05) is 0 Å². The highest BCUT2D eigenvalue weighted by Gasteiger charge is 2.09. The molecule has 0 bridgehead atoms. The van der Waals surface area contributed by atoms with E-state index in [2.05, 4.69) is 42.4 Å². The second-order valence-corrected chi connectivity index (χ2v) is 7.08. The molecule has 1 N–H and O–H groups in total. The van der Waals surface area contributed by atoms with E-state index in [1.807, 2.05) is 44.2 Å². The molecule has 0 saturated heterocycles. The summed E-state index contributed by atoms with van der Waals surface area (Å²) < 4.78 is 12.4. The highest BCUT2D eigenvalue weighted by atomic mass is 79.9. The van der Waals surface area contributed by atoms with Crippen molar-refractivity contribution in [1.82, 2.24) is 5.43 Å². The largest absolute Gasteiger partial charge is 0.496 e. The number of carbonyl (C=O) groups is 1. The first-order valence-corrected chi connectivity index (χ1v) is 9.04. The first kappa shape index (κ1) is 19.5. The number of amides is 1. The minimum Gasteiger partial charge on any atom is -0.496 e. The van der Waals surface area contributed by atoms with Crippen LogP contribution in [-0.2, 0) is 4.79 Å². The molecule has 2 rings (SSSR count). The summed E-state index contributed by atoms with van der Waals surface area (Å²) in [6, 6.07) is 9.44. The Labute approximate surface area is 163 Å². The lowest BCUT2D eigenvalue weighted by molar-refractivity contribution is -0.123. The number of aryl methyl sites for hydroxylation is 2. The number of hydrazone groups is 1. The molecule has 132 valence electrons. The fourth-order valence-electron chi connectivity index (χ4n) is 2.20. The number of carbonyl (C=O) groups excluding carboxylic acids is 1. The molecule has 0 saturated carbocycles. The van der Waals surface area contributed by atoms with Crippen LogP contribution >= 0.6 is 31.9 Å². The quantitative estimate of drug-likeness (QED) is 0.504. The number of ether oxygens (including phenoxy) is 2. The summed E-state index contributed by atoms with van der Waals surface area (Å²) >= 11 is 6.85. The molecule has 5 nitrogen and oxygen atoms in total.